The lowest BCUT2D eigenvalue weighted by atomic mass is 10.2. The fourth-order valence-corrected chi connectivity index (χ4v) is 2.31. The van der Waals surface area contributed by atoms with Crippen LogP contribution in [0, 0.1) is 5.82 Å². The van der Waals surface area contributed by atoms with Gasteiger partial charge in [0.25, 0.3) is 0 Å². The van der Waals surface area contributed by atoms with Crippen molar-refractivity contribution in [1.82, 2.24) is 9.97 Å². The van der Waals surface area contributed by atoms with Crippen molar-refractivity contribution in [2.75, 3.05) is 12.0 Å². The first-order valence-electron chi connectivity index (χ1n) is 7.95. The number of amides is 1. The molecule has 0 saturated carbocycles. The largest absolute Gasteiger partial charge is 0.479 e. The maximum Gasteiger partial charge on any atom is 0.416 e. The molecule has 0 N–H and O–H groups in total. The molecular weight excluding hydrogens is 377 g/mol. The summed E-state index contributed by atoms with van der Waals surface area (Å²) in [6.07, 6.45) is 1.22. The van der Waals surface area contributed by atoms with Gasteiger partial charge in [-0.15, -0.1) is 0 Å². The van der Waals surface area contributed by atoms with E-state index in [9.17, 15) is 14.0 Å². The number of halogens is 2. The zero-order valence-corrected chi connectivity index (χ0v) is 16.1. The lowest BCUT2D eigenvalue weighted by Gasteiger charge is -2.27. The highest BCUT2D eigenvalue weighted by atomic mass is 35.5. The van der Waals surface area contributed by atoms with Crippen LogP contribution in [0.25, 0.3) is 0 Å². The molecule has 7 nitrogen and oxygen atoms in total. The summed E-state index contributed by atoms with van der Waals surface area (Å²) in [5.74, 6) is -0.670. The maximum atomic E-state index is 13.9. The molecule has 0 fully saturated rings. The number of ether oxygens (including phenoxy) is 2. The van der Waals surface area contributed by atoms with Crippen LogP contribution in [0.3, 0.4) is 0 Å². The summed E-state index contributed by atoms with van der Waals surface area (Å²) in [5.41, 5.74) is -0.191. The quantitative estimate of drug-likeness (QED) is 0.561. The molecule has 2 aromatic heterocycles. The predicted octanol–water partition coefficient (Wildman–Crippen LogP) is 4.03. The molecule has 0 saturated heterocycles. The van der Waals surface area contributed by atoms with Crippen molar-refractivity contribution in [2.45, 2.75) is 32.9 Å². The van der Waals surface area contributed by atoms with Crippen molar-refractivity contribution in [3.8, 4) is 5.88 Å². The Morgan fingerprint density at radius 1 is 1.37 bits per heavy atom. The minimum absolute atomic E-state index is 0.0601. The number of carbonyl (C=O) groups excluding carboxylic acids is 2. The van der Waals surface area contributed by atoms with Gasteiger partial charge in [-0.05, 0) is 44.5 Å². The van der Waals surface area contributed by atoms with Crippen molar-refractivity contribution >= 4 is 29.8 Å². The van der Waals surface area contributed by atoms with E-state index in [1.54, 1.807) is 20.8 Å². The van der Waals surface area contributed by atoms with E-state index in [0.29, 0.717) is 11.8 Å². The fraction of sp³-hybridized carbons (Fsp3) is 0.333. The number of pyridine rings is 2. The molecule has 0 unspecified atom stereocenters. The maximum absolute atomic E-state index is 13.9. The highest BCUT2D eigenvalue weighted by molar-refractivity contribution is 6.31. The number of carbonyl (C=O) groups is 2. The first-order chi connectivity index (χ1) is 12.6. The van der Waals surface area contributed by atoms with E-state index in [2.05, 4.69) is 9.97 Å². The number of methoxy groups -OCH3 is 1. The molecule has 144 valence electrons. The van der Waals surface area contributed by atoms with E-state index in [1.165, 1.54) is 36.4 Å². The average molecular weight is 396 g/mol. The van der Waals surface area contributed by atoms with Crippen LogP contribution in [-0.4, -0.2) is 35.1 Å². The van der Waals surface area contributed by atoms with Crippen molar-refractivity contribution in [3.05, 3.63) is 46.5 Å². The number of rotatable bonds is 5. The highest BCUT2D eigenvalue weighted by Crippen LogP contribution is 2.23. The highest BCUT2D eigenvalue weighted by Gasteiger charge is 2.25. The van der Waals surface area contributed by atoms with Crippen molar-refractivity contribution in [3.63, 3.8) is 0 Å². The van der Waals surface area contributed by atoms with E-state index in [1.807, 2.05) is 0 Å². The van der Waals surface area contributed by atoms with Gasteiger partial charge in [-0.25, -0.2) is 19.2 Å². The number of anilines is 1. The summed E-state index contributed by atoms with van der Waals surface area (Å²) in [6, 6.07) is 4.08. The second-order valence-electron chi connectivity index (χ2n) is 6.57. The van der Waals surface area contributed by atoms with Gasteiger partial charge >= 0.3 is 6.09 Å². The molecule has 0 radical (unpaired) electrons. The van der Waals surface area contributed by atoms with Crippen LogP contribution in [-0.2, 0) is 11.3 Å². The summed E-state index contributed by atoms with van der Waals surface area (Å²) in [7, 11) is 1.30. The molecule has 9 heteroatoms. The summed E-state index contributed by atoms with van der Waals surface area (Å²) in [4.78, 5) is 32.7. The molecule has 0 atom stereocenters. The van der Waals surface area contributed by atoms with Gasteiger partial charge in [-0.3, -0.25) is 9.69 Å². The minimum Gasteiger partial charge on any atom is -0.479 e. The Morgan fingerprint density at radius 2 is 2.07 bits per heavy atom. The molecule has 27 heavy (non-hydrogen) atoms. The molecule has 2 rings (SSSR count). The van der Waals surface area contributed by atoms with Crippen molar-refractivity contribution in [2.24, 2.45) is 0 Å². The van der Waals surface area contributed by atoms with Gasteiger partial charge in [0.2, 0.25) is 5.88 Å². The van der Waals surface area contributed by atoms with Gasteiger partial charge in [0.05, 0.1) is 19.2 Å². The van der Waals surface area contributed by atoms with E-state index >= 15 is 0 Å². The lowest BCUT2D eigenvalue weighted by molar-refractivity contribution is 0.0576. The first kappa shape index (κ1) is 20.6. The van der Waals surface area contributed by atoms with Crippen LogP contribution in [0.2, 0.25) is 5.15 Å². The van der Waals surface area contributed by atoms with Gasteiger partial charge in [-0.2, -0.15) is 0 Å². The van der Waals surface area contributed by atoms with Crippen LogP contribution in [0.5, 0.6) is 5.88 Å². The van der Waals surface area contributed by atoms with E-state index in [-0.39, 0.29) is 29.0 Å². The molecule has 2 heterocycles. The third-order valence-electron chi connectivity index (χ3n) is 3.28. The molecule has 0 aliphatic carbocycles. The van der Waals surface area contributed by atoms with Crippen LogP contribution in [0.15, 0.2) is 24.4 Å². The monoisotopic (exact) mass is 395 g/mol. The summed E-state index contributed by atoms with van der Waals surface area (Å²) in [5, 5.41) is -0.0601. The zero-order chi connectivity index (χ0) is 20.2. The van der Waals surface area contributed by atoms with Crippen LogP contribution in [0.1, 0.15) is 36.7 Å². The van der Waals surface area contributed by atoms with Crippen LogP contribution < -0.4 is 9.64 Å². The Bertz CT molecular complexity index is 855. The number of hydrogen-bond donors (Lipinski definition) is 0. The molecule has 2 aromatic rings. The van der Waals surface area contributed by atoms with E-state index in [4.69, 9.17) is 21.1 Å². The zero-order valence-electron chi connectivity index (χ0n) is 15.3. The van der Waals surface area contributed by atoms with E-state index < -0.39 is 17.5 Å². The van der Waals surface area contributed by atoms with Crippen LogP contribution >= 0.6 is 11.6 Å². The van der Waals surface area contributed by atoms with Gasteiger partial charge in [0, 0.05) is 6.20 Å². The van der Waals surface area contributed by atoms with Crippen molar-refractivity contribution < 1.29 is 23.5 Å². The summed E-state index contributed by atoms with van der Waals surface area (Å²) < 4.78 is 24.1. The Labute approximate surface area is 161 Å². The number of aromatic nitrogens is 2. The first-order valence-corrected chi connectivity index (χ1v) is 8.33. The predicted molar refractivity (Wildman–Crippen MR) is 97.8 cm³/mol. The molecule has 0 aliphatic heterocycles. The standard InChI is InChI=1S/C18H19ClFN3O4/c1-18(2,3)27-17(25)23(14-6-5-12(10-24)15(19)22-14)9-11-7-13(20)16(26-4)21-8-11/h5-8,10H,9H2,1-4H3. The molecule has 0 spiro atoms. The van der Waals surface area contributed by atoms with Gasteiger partial charge < -0.3 is 9.47 Å². The fourth-order valence-electron chi connectivity index (χ4n) is 2.11. The Morgan fingerprint density at radius 3 is 2.59 bits per heavy atom. The molecule has 0 aromatic carbocycles. The van der Waals surface area contributed by atoms with E-state index in [0.717, 1.165) is 0 Å². The van der Waals surface area contributed by atoms with Crippen LogP contribution in [0.4, 0.5) is 15.0 Å². The Balaban J connectivity index is 2.40. The average Bonchev–Trinajstić information content (AvgIpc) is 2.58. The summed E-state index contributed by atoms with van der Waals surface area (Å²) in [6.45, 7) is 5.07. The molecule has 1 amide bonds. The second kappa shape index (κ2) is 8.30. The number of aldehydes is 1. The normalized spacial score (nSPS) is 11.0. The third-order valence-corrected chi connectivity index (χ3v) is 3.58. The molecule has 0 aliphatic rings. The van der Waals surface area contributed by atoms with Gasteiger partial charge in [0.15, 0.2) is 12.1 Å². The minimum atomic E-state index is -0.759. The number of nitrogens with zero attached hydrogens (tertiary/aromatic N) is 3. The Kier molecular flexibility index (Phi) is 6.32. The topological polar surface area (TPSA) is 81.6 Å². The van der Waals surface area contributed by atoms with Gasteiger partial charge in [-0.1, -0.05) is 11.6 Å². The SMILES string of the molecule is COc1ncc(CN(C(=O)OC(C)(C)C)c2ccc(C=O)c(Cl)n2)cc1F. The lowest BCUT2D eigenvalue weighted by Crippen LogP contribution is -2.37. The smallest absolute Gasteiger partial charge is 0.416 e. The second-order valence-corrected chi connectivity index (χ2v) is 6.93. The van der Waals surface area contributed by atoms with Crippen molar-refractivity contribution in [1.29, 1.82) is 0 Å². The van der Waals surface area contributed by atoms with Gasteiger partial charge in [0.1, 0.15) is 16.6 Å². The Hall–Kier alpha value is -2.74. The number of hydrogen-bond acceptors (Lipinski definition) is 6. The third kappa shape index (κ3) is 5.37. The molecule has 0 bridgehead atoms. The summed E-state index contributed by atoms with van der Waals surface area (Å²) >= 11 is 5.97. The molecular formula is C18H19ClFN3O4.